The number of aromatic nitrogens is 2. The molecular formula is C19H24N4O2. The first-order valence-corrected chi connectivity index (χ1v) is 8.69. The van der Waals surface area contributed by atoms with Gasteiger partial charge in [0.2, 0.25) is 5.95 Å². The Balaban J connectivity index is 1.46. The second kappa shape index (κ2) is 8.46. The summed E-state index contributed by atoms with van der Waals surface area (Å²) in [5.41, 5.74) is 1.11. The number of likely N-dealkylation sites (N-methyl/N-ethyl adjacent to an activating group) is 1. The molecular weight excluding hydrogens is 316 g/mol. The molecule has 0 saturated carbocycles. The van der Waals surface area contributed by atoms with Gasteiger partial charge in [-0.25, -0.2) is 9.97 Å². The van der Waals surface area contributed by atoms with Gasteiger partial charge in [-0.05, 0) is 31.0 Å². The topological polar surface area (TPSA) is 58.6 Å². The minimum Gasteiger partial charge on any atom is -0.464 e. The van der Waals surface area contributed by atoms with E-state index in [1.807, 2.05) is 37.4 Å². The third-order valence-corrected chi connectivity index (χ3v) is 4.46. The van der Waals surface area contributed by atoms with Gasteiger partial charge in [-0.3, -0.25) is 4.79 Å². The smallest absolute Gasteiger partial charge is 0.310 e. The zero-order valence-corrected chi connectivity index (χ0v) is 14.5. The number of esters is 1. The number of hydrogen-bond acceptors (Lipinski definition) is 6. The van der Waals surface area contributed by atoms with Crippen molar-refractivity contribution >= 4 is 17.6 Å². The fourth-order valence-corrected chi connectivity index (χ4v) is 3.02. The van der Waals surface area contributed by atoms with Crippen LogP contribution in [-0.4, -0.2) is 49.2 Å². The quantitative estimate of drug-likeness (QED) is 0.753. The van der Waals surface area contributed by atoms with Gasteiger partial charge in [-0.1, -0.05) is 18.2 Å². The van der Waals surface area contributed by atoms with Gasteiger partial charge in [-0.2, -0.15) is 0 Å². The van der Waals surface area contributed by atoms with E-state index >= 15 is 0 Å². The van der Waals surface area contributed by atoms with Crippen molar-refractivity contribution in [2.45, 2.75) is 12.8 Å². The average molecular weight is 340 g/mol. The molecule has 0 N–H and O–H groups in total. The molecule has 1 aliphatic rings. The van der Waals surface area contributed by atoms with Crippen LogP contribution in [-0.2, 0) is 9.53 Å². The number of benzene rings is 1. The number of rotatable bonds is 6. The molecule has 1 aromatic heterocycles. The van der Waals surface area contributed by atoms with Crippen LogP contribution in [0.3, 0.4) is 0 Å². The van der Waals surface area contributed by atoms with E-state index in [0.717, 1.165) is 25.1 Å². The van der Waals surface area contributed by atoms with E-state index in [-0.39, 0.29) is 11.9 Å². The van der Waals surface area contributed by atoms with Gasteiger partial charge >= 0.3 is 5.97 Å². The highest BCUT2D eigenvalue weighted by Gasteiger charge is 2.28. The van der Waals surface area contributed by atoms with Crippen molar-refractivity contribution in [1.29, 1.82) is 0 Å². The minimum absolute atomic E-state index is 0.111. The maximum absolute atomic E-state index is 12.4. The number of carbonyl (C=O) groups excluding carboxylic acids is 1. The molecule has 0 aliphatic carbocycles. The third-order valence-electron chi connectivity index (χ3n) is 4.46. The second-order valence-corrected chi connectivity index (χ2v) is 6.26. The summed E-state index contributed by atoms with van der Waals surface area (Å²) in [4.78, 5) is 25.1. The van der Waals surface area contributed by atoms with Crippen LogP contribution in [0.5, 0.6) is 0 Å². The number of ether oxygens (including phenoxy) is 1. The molecule has 0 radical (unpaired) electrons. The molecule has 2 heterocycles. The van der Waals surface area contributed by atoms with Crippen LogP contribution in [0.25, 0.3) is 0 Å². The predicted molar refractivity (Wildman–Crippen MR) is 97.6 cm³/mol. The summed E-state index contributed by atoms with van der Waals surface area (Å²) >= 11 is 0. The van der Waals surface area contributed by atoms with Crippen LogP contribution in [0.4, 0.5) is 11.6 Å². The SMILES string of the molecule is CN(CCOC(=O)[C@H]1CCCN(c2ncccn2)C1)c1ccccc1. The van der Waals surface area contributed by atoms with Crippen molar-refractivity contribution in [3.8, 4) is 0 Å². The third kappa shape index (κ3) is 4.68. The van der Waals surface area contributed by atoms with Crippen molar-refractivity contribution in [2.75, 3.05) is 43.1 Å². The van der Waals surface area contributed by atoms with Gasteiger partial charge in [0.1, 0.15) is 6.61 Å². The van der Waals surface area contributed by atoms with E-state index < -0.39 is 0 Å². The lowest BCUT2D eigenvalue weighted by Crippen LogP contribution is -2.40. The Morgan fingerprint density at radius 2 is 2.00 bits per heavy atom. The molecule has 1 saturated heterocycles. The standard InChI is InChI=1S/C19H24N4O2/c1-22(17-8-3-2-4-9-17)13-14-25-18(24)16-7-5-12-23(15-16)19-20-10-6-11-21-19/h2-4,6,8-11,16H,5,7,12-15H2,1H3/t16-/m0/s1. The fourth-order valence-electron chi connectivity index (χ4n) is 3.02. The predicted octanol–water partition coefficient (Wildman–Crippen LogP) is 2.37. The molecule has 2 aromatic rings. The Morgan fingerprint density at radius 3 is 2.76 bits per heavy atom. The number of para-hydroxylation sites is 1. The maximum atomic E-state index is 12.4. The van der Waals surface area contributed by atoms with Crippen molar-refractivity contribution in [2.24, 2.45) is 5.92 Å². The Kier molecular flexibility index (Phi) is 5.82. The molecule has 25 heavy (non-hydrogen) atoms. The first kappa shape index (κ1) is 17.2. The van der Waals surface area contributed by atoms with Gasteiger partial charge in [-0.15, -0.1) is 0 Å². The highest BCUT2D eigenvalue weighted by atomic mass is 16.5. The first-order valence-electron chi connectivity index (χ1n) is 8.69. The molecule has 1 aliphatic heterocycles. The number of nitrogens with zero attached hydrogens (tertiary/aromatic N) is 4. The molecule has 0 bridgehead atoms. The molecule has 0 spiro atoms. The zero-order chi connectivity index (χ0) is 17.5. The first-order chi connectivity index (χ1) is 12.2. The van der Waals surface area contributed by atoms with Gasteiger partial charge in [0, 0.05) is 38.2 Å². The van der Waals surface area contributed by atoms with E-state index in [1.165, 1.54) is 0 Å². The zero-order valence-electron chi connectivity index (χ0n) is 14.5. The fraction of sp³-hybridized carbons (Fsp3) is 0.421. The molecule has 1 fully saturated rings. The maximum Gasteiger partial charge on any atom is 0.310 e. The minimum atomic E-state index is -0.123. The summed E-state index contributed by atoms with van der Waals surface area (Å²) in [6.45, 7) is 2.57. The van der Waals surface area contributed by atoms with E-state index in [0.29, 0.717) is 25.6 Å². The monoisotopic (exact) mass is 340 g/mol. The van der Waals surface area contributed by atoms with Gasteiger partial charge in [0.25, 0.3) is 0 Å². The van der Waals surface area contributed by atoms with Crippen molar-refractivity contribution < 1.29 is 9.53 Å². The Labute approximate surface area is 148 Å². The Morgan fingerprint density at radius 1 is 1.24 bits per heavy atom. The van der Waals surface area contributed by atoms with E-state index in [2.05, 4.69) is 19.8 Å². The van der Waals surface area contributed by atoms with E-state index in [1.54, 1.807) is 18.5 Å². The highest BCUT2D eigenvalue weighted by Crippen LogP contribution is 2.21. The number of carbonyl (C=O) groups is 1. The molecule has 6 nitrogen and oxygen atoms in total. The lowest BCUT2D eigenvalue weighted by Gasteiger charge is -2.31. The summed E-state index contributed by atoms with van der Waals surface area (Å²) in [5.74, 6) is 0.450. The van der Waals surface area contributed by atoms with Crippen LogP contribution < -0.4 is 9.80 Å². The molecule has 0 amide bonds. The van der Waals surface area contributed by atoms with Crippen LogP contribution >= 0.6 is 0 Å². The van der Waals surface area contributed by atoms with E-state index in [4.69, 9.17) is 4.74 Å². The van der Waals surface area contributed by atoms with Crippen molar-refractivity contribution in [3.63, 3.8) is 0 Å². The second-order valence-electron chi connectivity index (χ2n) is 6.26. The average Bonchev–Trinajstić information content (AvgIpc) is 2.69. The van der Waals surface area contributed by atoms with Gasteiger partial charge in [0.15, 0.2) is 0 Å². The molecule has 3 rings (SSSR count). The Hall–Kier alpha value is -2.63. The van der Waals surface area contributed by atoms with Crippen LogP contribution in [0.1, 0.15) is 12.8 Å². The molecule has 6 heteroatoms. The number of piperidine rings is 1. The molecule has 132 valence electrons. The van der Waals surface area contributed by atoms with Crippen molar-refractivity contribution in [3.05, 3.63) is 48.8 Å². The van der Waals surface area contributed by atoms with Crippen LogP contribution in [0.2, 0.25) is 0 Å². The van der Waals surface area contributed by atoms with E-state index in [9.17, 15) is 4.79 Å². The largest absolute Gasteiger partial charge is 0.464 e. The van der Waals surface area contributed by atoms with Gasteiger partial charge < -0.3 is 14.5 Å². The Bertz CT molecular complexity index is 666. The summed E-state index contributed by atoms with van der Waals surface area (Å²) < 4.78 is 5.51. The van der Waals surface area contributed by atoms with Crippen LogP contribution in [0, 0.1) is 5.92 Å². The normalized spacial score (nSPS) is 17.2. The molecule has 1 atom stereocenters. The van der Waals surface area contributed by atoms with Crippen LogP contribution in [0.15, 0.2) is 48.8 Å². The molecule has 1 aromatic carbocycles. The summed E-state index contributed by atoms with van der Waals surface area (Å²) in [6, 6.07) is 11.9. The van der Waals surface area contributed by atoms with Gasteiger partial charge in [0.05, 0.1) is 12.5 Å². The number of anilines is 2. The lowest BCUT2D eigenvalue weighted by molar-refractivity contribution is -0.148. The number of hydrogen-bond donors (Lipinski definition) is 0. The lowest BCUT2D eigenvalue weighted by atomic mass is 9.98. The molecule has 0 unspecified atom stereocenters. The highest BCUT2D eigenvalue weighted by molar-refractivity contribution is 5.73. The summed E-state index contributed by atoms with van der Waals surface area (Å²) in [6.07, 6.45) is 5.26. The van der Waals surface area contributed by atoms with Crippen molar-refractivity contribution in [1.82, 2.24) is 9.97 Å². The summed E-state index contributed by atoms with van der Waals surface area (Å²) in [5, 5.41) is 0. The summed E-state index contributed by atoms with van der Waals surface area (Å²) in [7, 11) is 2.00.